The zero-order valence-corrected chi connectivity index (χ0v) is 13.4. The fourth-order valence-electron chi connectivity index (χ4n) is 2.42. The molecule has 2 aromatic rings. The fourth-order valence-corrected chi connectivity index (χ4v) is 2.42. The summed E-state index contributed by atoms with van der Waals surface area (Å²) in [7, 11) is 4.18. The number of carbonyl (C=O) groups is 1. The third-order valence-electron chi connectivity index (χ3n) is 3.70. The smallest absolute Gasteiger partial charge is 0.374 e. The molecule has 2 rings (SSSR count). The molecule has 0 aliphatic rings. The molecule has 0 unspecified atom stereocenters. The summed E-state index contributed by atoms with van der Waals surface area (Å²) < 4.78 is 11.1. The van der Waals surface area contributed by atoms with E-state index in [1.165, 1.54) is 4.90 Å². The molecule has 1 N–H and O–H groups in total. The van der Waals surface area contributed by atoms with Gasteiger partial charge in [0.05, 0.1) is 20.6 Å². The summed E-state index contributed by atoms with van der Waals surface area (Å²) >= 11 is 0. The molecule has 0 fully saturated rings. The van der Waals surface area contributed by atoms with Crippen molar-refractivity contribution in [2.24, 2.45) is 5.92 Å². The van der Waals surface area contributed by atoms with Crippen LogP contribution in [0.1, 0.15) is 30.0 Å². The van der Waals surface area contributed by atoms with Crippen LogP contribution in [0.15, 0.2) is 28.7 Å². The first-order valence-electron chi connectivity index (χ1n) is 7.37. The van der Waals surface area contributed by atoms with Crippen molar-refractivity contribution in [1.29, 1.82) is 0 Å². The van der Waals surface area contributed by atoms with E-state index >= 15 is 0 Å². The average molecular weight is 290 g/mol. The van der Waals surface area contributed by atoms with Crippen molar-refractivity contribution in [3.63, 3.8) is 0 Å². The van der Waals surface area contributed by atoms with E-state index in [0.29, 0.717) is 11.5 Å². The van der Waals surface area contributed by atoms with Gasteiger partial charge >= 0.3 is 5.97 Å². The van der Waals surface area contributed by atoms with E-state index in [1.54, 1.807) is 6.07 Å². The molecule has 0 saturated heterocycles. The number of ether oxygens (including phenoxy) is 1. The van der Waals surface area contributed by atoms with Gasteiger partial charge in [-0.3, -0.25) is 0 Å². The minimum Gasteiger partial charge on any atom is -0.456 e. The first-order valence-corrected chi connectivity index (χ1v) is 7.37. The molecule has 0 aliphatic carbocycles. The van der Waals surface area contributed by atoms with Gasteiger partial charge in [-0.25, -0.2) is 4.79 Å². The summed E-state index contributed by atoms with van der Waals surface area (Å²) in [4.78, 5) is 13.5. The van der Waals surface area contributed by atoms with Gasteiger partial charge < -0.3 is 14.1 Å². The maximum Gasteiger partial charge on any atom is 0.374 e. The fraction of sp³-hybridized carbons (Fsp3) is 0.471. The van der Waals surface area contributed by atoms with Gasteiger partial charge in [-0.05, 0) is 32.0 Å². The third kappa shape index (κ3) is 3.85. The molecule has 0 spiro atoms. The maximum atomic E-state index is 12.2. The van der Waals surface area contributed by atoms with Crippen molar-refractivity contribution in [1.82, 2.24) is 0 Å². The Balaban J connectivity index is 2.08. The molecule has 0 radical (unpaired) electrons. The second kappa shape index (κ2) is 6.31. The normalized spacial score (nSPS) is 14.4. The number of furan rings is 1. The van der Waals surface area contributed by atoms with Crippen LogP contribution in [0, 0.1) is 12.8 Å². The number of carbonyl (C=O) groups excluding carboxylic acids is 1. The Labute approximate surface area is 125 Å². The van der Waals surface area contributed by atoms with Crippen molar-refractivity contribution in [3.05, 3.63) is 35.6 Å². The minimum atomic E-state index is -0.392. The van der Waals surface area contributed by atoms with E-state index in [-0.39, 0.29) is 11.9 Å². The predicted octanol–water partition coefficient (Wildman–Crippen LogP) is 2.07. The molecular formula is C17H24NO3+. The lowest BCUT2D eigenvalue weighted by atomic mass is 10.1. The number of quaternary nitrogens is 1. The molecule has 0 amide bonds. The highest BCUT2D eigenvalue weighted by atomic mass is 16.6. The molecule has 114 valence electrons. The first-order chi connectivity index (χ1) is 9.86. The van der Waals surface area contributed by atoms with Gasteiger partial charge in [0.1, 0.15) is 11.7 Å². The Morgan fingerprint density at radius 3 is 2.67 bits per heavy atom. The van der Waals surface area contributed by atoms with Gasteiger partial charge in [0.2, 0.25) is 5.76 Å². The molecule has 4 heteroatoms. The highest BCUT2D eigenvalue weighted by Crippen LogP contribution is 2.22. The summed E-state index contributed by atoms with van der Waals surface area (Å²) in [6.07, 6.45) is -0.137. The number of benzene rings is 1. The number of aryl methyl sites for hydroxylation is 1. The van der Waals surface area contributed by atoms with Crippen LogP contribution >= 0.6 is 0 Å². The Hall–Kier alpha value is -1.81. The number of esters is 1. The van der Waals surface area contributed by atoms with Gasteiger partial charge in [0, 0.05) is 11.3 Å². The average Bonchev–Trinajstić information content (AvgIpc) is 2.80. The van der Waals surface area contributed by atoms with Crippen molar-refractivity contribution in [2.45, 2.75) is 26.9 Å². The summed E-state index contributed by atoms with van der Waals surface area (Å²) in [6.45, 7) is 6.98. The van der Waals surface area contributed by atoms with E-state index in [2.05, 4.69) is 21.0 Å². The van der Waals surface area contributed by atoms with Gasteiger partial charge in [-0.15, -0.1) is 0 Å². The zero-order valence-electron chi connectivity index (χ0n) is 13.4. The van der Waals surface area contributed by atoms with E-state index < -0.39 is 5.97 Å². The predicted molar refractivity (Wildman–Crippen MR) is 82.7 cm³/mol. The monoisotopic (exact) mass is 290 g/mol. The number of hydrogen-bond donors (Lipinski definition) is 1. The van der Waals surface area contributed by atoms with Crippen LogP contribution in [0.2, 0.25) is 0 Å². The Morgan fingerprint density at radius 2 is 2.00 bits per heavy atom. The third-order valence-corrected chi connectivity index (χ3v) is 3.70. The molecule has 21 heavy (non-hydrogen) atoms. The Bertz CT molecular complexity index is 630. The van der Waals surface area contributed by atoms with E-state index in [9.17, 15) is 4.79 Å². The molecule has 1 heterocycles. The van der Waals surface area contributed by atoms with Gasteiger partial charge in [-0.2, -0.15) is 0 Å². The summed E-state index contributed by atoms with van der Waals surface area (Å²) in [5.41, 5.74) is 1.85. The van der Waals surface area contributed by atoms with Gasteiger partial charge in [0.15, 0.2) is 0 Å². The largest absolute Gasteiger partial charge is 0.456 e. The lowest BCUT2D eigenvalue weighted by Gasteiger charge is -2.21. The summed E-state index contributed by atoms with van der Waals surface area (Å²) in [5, 5.41) is 0.931. The SMILES string of the molecule is Cc1ccc2oc(C(=O)O[C@@H](C)[C@@H](C)C[NH+](C)C)cc2c1. The summed E-state index contributed by atoms with van der Waals surface area (Å²) in [6, 6.07) is 7.59. The molecule has 2 atom stereocenters. The molecule has 0 saturated carbocycles. The quantitative estimate of drug-likeness (QED) is 0.857. The highest BCUT2D eigenvalue weighted by molar-refractivity contribution is 5.92. The van der Waals surface area contributed by atoms with E-state index in [1.807, 2.05) is 32.0 Å². The number of rotatable bonds is 5. The molecular weight excluding hydrogens is 266 g/mol. The van der Waals surface area contributed by atoms with Crippen LogP contribution in [-0.2, 0) is 4.74 Å². The standard InChI is InChI=1S/C17H23NO3/c1-11-6-7-15-14(8-11)9-16(21-15)17(19)20-13(3)12(2)10-18(4)5/h6-9,12-13H,10H2,1-5H3/p+1/t12-,13-/m0/s1. The van der Waals surface area contributed by atoms with Crippen LogP contribution in [0.3, 0.4) is 0 Å². The number of nitrogens with one attached hydrogen (secondary N) is 1. The van der Waals surface area contributed by atoms with Crippen LogP contribution in [-0.4, -0.2) is 32.7 Å². The second-order valence-electron chi connectivity index (χ2n) is 6.15. The maximum absolute atomic E-state index is 12.2. The molecule has 0 aliphatic heterocycles. The zero-order chi connectivity index (χ0) is 15.6. The second-order valence-corrected chi connectivity index (χ2v) is 6.15. The van der Waals surface area contributed by atoms with Crippen molar-refractivity contribution >= 4 is 16.9 Å². The van der Waals surface area contributed by atoms with Crippen molar-refractivity contribution in [2.75, 3.05) is 20.6 Å². The first kappa shape index (κ1) is 15.6. The number of hydrogen-bond acceptors (Lipinski definition) is 3. The lowest BCUT2D eigenvalue weighted by Crippen LogP contribution is -3.06. The van der Waals surface area contributed by atoms with Gasteiger partial charge in [-0.1, -0.05) is 18.6 Å². The molecule has 4 nitrogen and oxygen atoms in total. The van der Waals surface area contributed by atoms with E-state index in [0.717, 1.165) is 17.5 Å². The lowest BCUT2D eigenvalue weighted by molar-refractivity contribution is -0.862. The van der Waals surface area contributed by atoms with Crippen molar-refractivity contribution < 1.29 is 18.8 Å². The minimum absolute atomic E-state index is 0.137. The van der Waals surface area contributed by atoms with Crippen LogP contribution in [0.25, 0.3) is 11.0 Å². The summed E-state index contributed by atoms with van der Waals surface area (Å²) in [5.74, 6) is 0.175. The van der Waals surface area contributed by atoms with Crippen LogP contribution < -0.4 is 4.90 Å². The Morgan fingerprint density at radius 1 is 1.29 bits per heavy atom. The van der Waals surface area contributed by atoms with Crippen LogP contribution in [0.5, 0.6) is 0 Å². The number of fused-ring (bicyclic) bond motifs is 1. The van der Waals surface area contributed by atoms with Gasteiger partial charge in [0.25, 0.3) is 0 Å². The highest BCUT2D eigenvalue weighted by Gasteiger charge is 2.22. The Kier molecular flexibility index (Phi) is 4.68. The molecule has 0 bridgehead atoms. The van der Waals surface area contributed by atoms with Crippen LogP contribution in [0.4, 0.5) is 0 Å². The topological polar surface area (TPSA) is 43.9 Å². The molecule has 1 aromatic carbocycles. The van der Waals surface area contributed by atoms with E-state index in [4.69, 9.17) is 9.15 Å². The molecule has 1 aromatic heterocycles. The van der Waals surface area contributed by atoms with Crippen molar-refractivity contribution in [3.8, 4) is 0 Å².